The van der Waals surface area contributed by atoms with Gasteiger partial charge in [-0.1, -0.05) is 0 Å². The molecule has 0 fully saturated rings. The first-order chi connectivity index (χ1) is 6.01. The van der Waals surface area contributed by atoms with Gasteiger partial charge in [0.25, 0.3) is 0 Å². The first-order valence-electron chi connectivity index (χ1n) is 3.77. The molecule has 1 N–H and O–H groups in total. The summed E-state index contributed by atoms with van der Waals surface area (Å²) < 4.78 is 34.2. The summed E-state index contributed by atoms with van der Waals surface area (Å²) in [5, 5.41) is 0. The van der Waals surface area contributed by atoms with Crippen LogP contribution in [-0.4, -0.2) is 40.9 Å². The molecule has 1 aromatic carbocycles. The third kappa shape index (κ3) is 4.10. The van der Waals surface area contributed by atoms with E-state index in [-0.39, 0.29) is 5.75 Å². The molecule has 0 heterocycles. The van der Waals surface area contributed by atoms with Crippen LogP contribution in [0.25, 0.3) is 0 Å². The van der Waals surface area contributed by atoms with Gasteiger partial charge in [-0.05, 0) is 0 Å². The van der Waals surface area contributed by atoms with Crippen molar-refractivity contribution in [2.24, 2.45) is 0 Å². The molecule has 0 saturated carbocycles. The van der Waals surface area contributed by atoms with Gasteiger partial charge in [0.1, 0.15) is 0 Å². The zero-order chi connectivity index (χ0) is 9.90. The molecule has 66 valence electrons. The monoisotopic (exact) mass is 210 g/mol. The molecule has 13 heavy (non-hydrogen) atoms. The van der Waals surface area contributed by atoms with Crippen molar-refractivity contribution in [1.29, 1.82) is 0 Å². The summed E-state index contributed by atoms with van der Waals surface area (Å²) in [5.74, 6) is 0.126. The number of benzene rings is 1. The second-order valence-corrected chi connectivity index (χ2v) is 4.24. The zero-order valence-electron chi connectivity index (χ0n) is 7.10. The summed E-state index contributed by atoms with van der Waals surface area (Å²) in [6.07, 6.45) is 0. The van der Waals surface area contributed by atoms with Crippen LogP contribution in [0, 0.1) is 0 Å². The van der Waals surface area contributed by atoms with Crippen LogP contribution in [0.2, 0.25) is 0 Å². The van der Waals surface area contributed by atoms with Crippen molar-refractivity contribution >= 4 is 38.3 Å². The van der Waals surface area contributed by atoms with Gasteiger partial charge in [0.05, 0.1) is 0 Å². The standard InChI is InChI=1S/C7H7O4S.Na/c1-6-2-4-7(5-3-6)11-12(8,9)10;/h2-5H,1H2,(H,8,9,10);. The topological polar surface area (TPSA) is 63.6 Å². The van der Waals surface area contributed by atoms with Crippen molar-refractivity contribution < 1.29 is 17.2 Å². The second kappa shape index (κ2) is 4.43. The molecule has 0 amide bonds. The average Bonchev–Trinajstić information content (AvgIpc) is 2.03. The van der Waals surface area contributed by atoms with Crippen LogP contribution in [0.1, 0.15) is 5.56 Å². The predicted octanol–water partition coefficient (Wildman–Crippen LogP) is 0.537. The molecule has 6 heteroatoms. The van der Waals surface area contributed by atoms with Crippen LogP contribution in [0.5, 0.6) is 5.75 Å². The Balaban J connectivity index is 2.81. The summed E-state index contributed by atoms with van der Waals surface area (Å²) in [6, 6.07) is 6.57. The third-order valence-corrected chi connectivity index (χ3v) is 2.75. The Labute approximate surface area is 94.3 Å². The first-order valence-corrected chi connectivity index (χ1v) is 6.55. The van der Waals surface area contributed by atoms with Crippen LogP contribution in [-0.2, 0) is 14.1 Å². The minimum atomic E-state index is -4.39. The first kappa shape index (κ1) is 11.0. The molecule has 0 radical (unpaired) electrons. The molecule has 0 aliphatic carbocycles. The summed E-state index contributed by atoms with van der Waals surface area (Å²) in [5.41, 5.74) is 1.13. The van der Waals surface area contributed by atoms with Crippen molar-refractivity contribution in [3.63, 3.8) is 0 Å². The van der Waals surface area contributed by atoms with Gasteiger partial charge in [-0.25, -0.2) is 0 Å². The van der Waals surface area contributed by atoms with E-state index >= 15 is 0 Å². The Hall–Kier alpha value is -0.0700. The minimum absolute atomic E-state index is 0.126. The van der Waals surface area contributed by atoms with Gasteiger partial charge in [0.15, 0.2) is 0 Å². The molecule has 0 atom stereocenters. The van der Waals surface area contributed by atoms with E-state index in [0.717, 1.165) is 37.2 Å². The fraction of sp³-hybridized carbons (Fsp3) is 0.143. The number of hydrogen-bond acceptors (Lipinski definition) is 3. The predicted molar refractivity (Wildman–Crippen MR) is 48.1 cm³/mol. The normalized spacial score (nSPS) is 11.3. The quantitative estimate of drug-likeness (QED) is 0.584. The van der Waals surface area contributed by atoms with Gasteiger partial charge in [-0.2, -0.15) is 0 Å². The number of hydrogen-bond donors (Lipinski definition) is 1. The van der Waals surface area contributed by atoms with Gasteiger partial charge < -0.3 is 0 Å². The van der Waals surface area contributed by atoms with Gasteiger partial charge in [-0.15, -0.1) is 0 Å². The van der Waals surface area contributed by atoms with Gasteiger partial charge in [-0.3, -0.25) is 0 Å². The van der Waals surface area contributed by atoms with E-state index in [1.54, 1.807) is 12.1 Å². The van der Waals surface area contributed by atoms with Crippen LogP contribution in [0.4, 0.5) is 0 Å². The van der Waals surface area contributed by atoms with Crippen LogP contribution >= 0.6 is 0 Å². The third-order valence-electron chi connectivity index (χ3n) is 1.53. The fourth-order valence-corrected chi connectivity index (χ4v) is 1.73. The van der Waals surface area contributed by atoms with Crippen LogP contribution < -0.4 is 4.18 Å². The summed E-state index contributed by atoms with van der Waals surface area (Å²) in [4.78, 5) is 0. The van der Waals surface area contributed by atoms with E-state index in [2.05, 4.69) is 4.18 Å². The fourth-order valence-electron chi connectivity index (χ4n) is 0.902. The van der Waals surface area contributed by atoms with Gasteiger partial charge >= 0.3 is 94.7 Å². The Morgan fingerprint density at radius 1 is 1.31 bits per heavy atom. The van der Waals surface area contributed by atoms with Crippen molar-refractivity contribution in [3.05, 3.63) is 29.8 Å². The van der Waals surface area contributed by atoms with Gasteiger partial charge in [0.2, 0.25) is 0 Å². The molecule has 0 unspecified atom stereocenters. The second-order valence-electron chi connectivity index (χ2n) is 2.51. The Bertz CT molecular complexity index is 370. The van der Waals surface area contributed by atoms with Crippen molar-refractivity contribution in [3.8, 4) is 5.75 Å². The molecule has 0 spiro atoms. The molecule has 0 aliphatic heterocycles. The maximum atomic E-state index is 10.3. The summed E-state index contributed by atoms with van der Waals surface area (Å²) >= 11 is 1.06. The SMILES string of the molecule is O=S(=O)(O)Oc1ccc([CH2][Na])cc1. The maximum absolute atomic E-state index is 10.3. The molecule has 1 aromatic rings. The molecule has 4 nitrogen and oxygen atoms in total. The van der Waals surface area contributed by atoms with Gasteiger partial charge in [0, 0.05) is 0 Å². The van der Waals surface area contributed by atoms with E-state index in [1.807, 2.05) is 0 Å². The van der Waals surface area contributed by atoms with E-state index in [0.29, 0.717) is 0 Å². The summed E-state index contributed by atoms with van der Waals surface area (Å²) in [6.45, 7) is 0. The molecule has 0 bridgehead atoms. The Morgan fingerprint density at radius 2 is 1.85 bits per heavy atom. The molecule has 0 aliphatic rings. The zero-order valence-corrected chi connectivity index (χ0v) is 9.91. The molecule has 1 rings (SSSR count). The van der Waals surface area contributed by atoms with E-state index in [1.165, 1.54) is 12.1 Å². The van der Waals surface area contributed by atoms with Crippen molar-refractivity contribution in [1.82, 2.24) is 0 Å². The molecular formula is C7H7NaO4S. The Kier molecular flexibility index (Phi) is 3.75. The van der Waals surface area contributed by atoms with E-state index < -0.39 is 10.4 Å². The van der Waals surface area contributed by atoms with Crippen LogP contribution in [0.3, 0.4) is 0 Å². The number of rotatable bonds is 3. The summed E-state index contributed by atoms with van der Waals surface area (Å²) in [7, 11) is -4.39. The Morgan fingerprint density at radius 3 is 2.23 bits per heavy atom. The van der Waals surface area contributed by atoms with Crippen LogP contribution in [0.15, 0.2) is 24.3 Å². The van der Waals surface area contributed by atoms with E-state index in [4.69, 9.17) is 4.55 Å². The van der Waals surface area contributed by atoms with E-state index in [9.17, 15) is 8.42 Å². The van der Waals surface area contributed by atoms with Crippen molar-refractivity contribution in [2.75, 3.05) is 0 Å². The average molecular weight is 210 g/mol. The molecular weight excluding hydrogens is 203 g/mol. The molecule has 0 aromatic heterocycles. The van der Waals surface area contributed by atoms with Crippen molar-refractivity contribution in [2.45, 2.75) is 3.67 Å². The molecule has 0 saturated heterocycles.